The van der Waals surface area contributed by atoms with E-state index in [1.54, 1.807) is 0 Å². The number of carboxylic acids is 1. The van der Waals surface area contributed by atoms with Crippen LogP contribution in [0.5, 0.6) is 0 Å². The van der Waals surface area contributed by atoms with Crippen LogP contribution in [-0.4, -0.2) is 29.8 Å². The van der Waals surface area contributed by atoms with Crippen molar-refractivity contribution in [2.24, 2.45) is 27.3 Å². The third-order valence-corrected chi connectivity index (χ3v) is 3.43. The molecule has 0 aliphatic carbocycles. The minimum atomic E-state index is -2.68. The quantitative estimate of drug-likeness (QED) is 0.839. The molecule has 0 radical (unpaired) electrons. The average Bonchev–Trinajstić information content (AvgIpc) is 2.97. The fraction of sp³-hybridized carbons (Fsp3) is 0.429. The van der Waals surface area contributed by atoms with Gasteiger partial charge < -0.3 is 5.11 Å². The van der Waals surface area contributed by atoms with Crippen LogP contribution < -0.4 is 0 Å². The maximum Gasteiger partial charge on any atom is 0.307 e. The van der Waals surface area contributed by atoms with Crippen molar-refractivity contribution in [2.45, 2.75) is 19.3 Å². The number of benzene rings is 1. The van der Waals surface area contributed by atoms with Crippen LogP contribution in [0.15, 0.2) is 45.8 Å². The molecule has 0 bridgehead atoms. The molecule has 1 heterocycles. The van der Waals surface area contributed by atoms with Crippen molar-refractivity contribution in [3.05, 3.63) is 35.9 Å². The fourth-order valence-electron chi connectivity index (χ4n) is 2.41. The van der Waals surface area contributed by atoms with Gasteiger partial charge in [0.1, 0.15) is 6.54 Å². The molecule has 1 aromatic rings. The summed E-state index contributed by atoms with van der Waals surface area (Å²) in [6.07, 6.45) is -3.06. The first-order valence-corrected chi connectivity index (χ1v) is 6.56. The second-order valence-electron chi connectivity index (χ2n) is 4.85. The number of carboxylic acid groups (broad SMARTS) is 1. The van der Waals surface area contributed by atoms with Crippen molar-refractivity contribution in [1.82, 2.24) is 0 Å². The molecule has 0 saturated carbocycles. The van der Waals surface area contributed by atoms with Gasteiger partial charge in [0.15, 0.2) is 0 Å². The highest BCUT2D eigenvalue weighted by molar-refractivity contribution is 5.92. The Kier molecular flexibility index (Phi) is 5.08. The summed E-state index contributed by atoms with van der Waals surface area (Å²) in [5, 5.41) is 20.3. The van der Waals surface area contributed by atoms with E-state index in [9.17, 15) is 18.7 Å². The fourth-order valence-corrected chi connectivity index (χ4v) is 2.41. The molecule has 1 aromatic carbocycles. The Balaban J connectivity index is 2.24. The van der Waals surface area contributed by atoms with Crippen molar-refractivity contribution in [3.63, 3.8) is 0 Å². The van der Waals surface area contributed by atoms with Crippen LogP contribution in [-0.2, 0) is 11.2 Å². The number of rotatable bonds is 7. The number of nitrogens with zero attached hydrogens (tertiary/aromatic N) is 3. The number of hydrogen-bond donors (Lipinski definition) is 1. The van der Waals surface area contributed by atoms with Crippen LogP contribution >= 0.6 is 0 Å². The van der Waals surface area contributed by atoms with E-state index >= 15 is 0 Å². The lowest BCUT2D eigenvalue weighted by Gasteiger charge is -2.23. The number of halogens is 2. The largest absolute Gasteiger partial charge is 0.481 e. The highest BCUT2D eigenvalue weighted by atomic mass is 19.3. The molecule has 7 heteroatoms. The third kappa shape index (κ3) is 4.14. The first-order valence-electron chi connectivity index (χ1n) is 6.56. The molecule has 1 aliphatic heterocycles. The van der Waals surface area contributed by atoms with Crippen LogP contribution in [0.1, 0.15) is 12.0 Å². The topological polar surface area (TPSA) is 74.4 Å². The summed E-state index contributed by atoms with van der Waals surface area (Å²) in [5.41, 5.74) is 1.32. The van der Waals surface area contributed by atoms with Gasteiger partial charge in [0.25, 0.3) is 0 Å². The molecule has 0 unspecified atom stereocenters. The van der Waals surface area contributed by atoms with Crippen LogP contribution in [0.4, 0.5) is 8.78 Å². The van der Waals surface area contributed by atoms with Gasteiger partial charge in [-0.05, 0) is 17.2 Å². The SMILES string of the molecule is O=C(O)[C@@H](CC(F)F)[C@H](Cc1ccccc1)C1=NN=NC1. The van der Waals surface area contributed by atoms with Crippen molar-refractivity contribution in [1.29, 1.82) is 0 Å². The summed E-state index contributed by atoms with van der Waals surface area (Å²) in [4.78, 5) is 11.4. The average molecular weight is 295 g/mol. The molecule has 0 spiro atoms. The Morgan fingerprint density at radius 1 is 1.29 bits per heavy atom. The van der Waals surface area contributed by atoms with Crippen LogP contribution in [0.3, 0.4) is 0 Å². The van der Waals surface area contributed by atoms with Gasteiger partial charge in [-0.1, -0.05) is 30.3 Å². The minimum absolute atomic E-state index is 0.171. The molecule has 0 aromatic heterocycles. The van der Waals surface area contributed by atoms with Crippen molar-refractivity contribution >= 4 is 11.7 Å². The lowest BCUT2D eigenvalue weighted by atomic mass is 9.81. The van der Waals surface area contributed by atoms with E-state index in [1.165, 1.54) is 0 Å². The third-order valence-electron chi connectivity index (χ3n) is 3.43. The first kappa shape index (κ1) is 15.2. The van der Waals surface area contributed by atoms with E-state index in [2.05, 4.69) is 15.4 Å². The van der Waals surface area contributed by atoms with Crippen molar-refractivity contribution < 1.29 is 18.7 Å². The minimum Gasteiger partial charge on any atom is -0.481 e. The van der Waals surface area contributed by atoms with Crippen molar-refractivity contribution in [3.8, 4) is 0 Å². The lowest BCUT2D eigenvalue weighted by Crippen LogP contribution is -2.33. The summed E-state index contributed by atoms with van der Waals surface area (Å²) in [5.74, 6) is -3.08. The van der Waals surface area contributed by atoms with Crippen LogP contribution in [0.25, 0.3) is 0 Å². The van der Waals surface area contributed by atoms with E-state index in [0.29, 0.717) is 12.1 Å². The molecule has 21 heavy (non-hydrogen) atoms. The molecule has 1 N–H and O–H groups in total. The zero-order chi connectivity index (χ0) is 15.2. The number of hydrogen-bond acceptors (Lipinski definition) is 4. The molecule has 0 fully saturated rings. The molecule has 0 saturated heterocycles. The maximum absolute atomic E-state index is 12.7. The zero-order valence-corrected chi connectivity index (χ0v) is 11.2. The Bertz CT molecular complexity index is 546. The lowest BCUT2D eigenvalue weighted by molar-refractivity contribution is -0.144. The molecule has 2 atom stereocenters. The zero-order valence-electron chi connectivity index (χ0n) is 11.2. The van der Waals surface area contributed by atoms with Crippen LogP contribution in [0.2, 0.25) is 0 Å². The molecule has 112 valence electrons. The van der Waals surface area contributed by atoms with E-state index < -0.39 is 30.7 Å². The molecular formula is C14H15F2N3O2. The van der Waals surface area contributed by atoms with Gasteiger partial charge in [-0.2, -0.15) is 5.11 Å². The summed E-state index contributed by atoms with van der Waals surface area (Å²) in [6.45, 7) is 0.171. The van der Waals surface area contributed by atoms with E-state index in [0.717, 1.165) is 5.56 Å². The van der Waals surface area contributed by atoms with Gasteiger partial charge in [0, 0.05) is 12.3 Å². The summed E-state index contributed by atoms with van der Waals surface area (Å²) < 4.78 is 25.4. The Hall–Kier alpha value is -2.18. The highest BCUT2D eigenvalue weighted by Gasteiger charge is 2.35. The second kappa shape index (κ2) is 7.01. The monoisotopic (exact) mass is 295 g/mol. The van der Waals surface area contributed by atoms with E-state index in [1.807, 2.05) is 30.3 Å². The second-order valence-corrected chi connectivity index (χ2v) is 4.85. The standard InChI is InChI=1S/C14H15F2N3O2/c15-13(16)7-11(14(20)21)10(12-8-17-19-18-12)6-9-4-2-1-3-5-9/h1-5,10-11,13H,6-8H2,(H,20,21)/t10-,11-/m0/s1. The first-order chi connectivity index (χ1) is 10.1. The molecular weight excluding hydrogens is 280 g/mol. The molecule has 2 rings (SSSR count). The van der Waals surface area contributed by atoms with Crippen LogP contribution in [0, 0.1) is 11.8 Å². The summed E-state index contributed by atoms with van der Waals surface area (Å²) >= 11 is 0. The van der Waals surface area contributed by atoms with Gasteiger partial charge >= 0.3 is 5.97 Å². The number of alkyl halides is 2. The van der Waals surface area contributed by atoms with Gasteiger partial charge in [0.2, 0.25) is 6.43 Å². The Morgan fingerprint density at radius 3 is 2.52 bits per heavy atom. The summed E-state index contributed by atoms with van der Waals surface area (Å²) in [6, 6.07) is 9.14. The van der Waals surface area contributed by atoms with Gasteiger partial charge in [-0.25, -0.2) is 8.78 Å². The van der Waals surface area contributed by atoms with Gasteiger partial charge in [0.05, 0.1) is 11.6 Å². The number of carbonyl (C=O) groups is 1. The normalized spacial score (nSPS) is 16.8. The molecule has 5 nitrogen and oxygen atoms in total. The summed E-state index contributed by atoms with van der Waals surface area (Å²) in [7, 11) is 0. The Morgan fingerprint density at radius 2 is 2.00 bits per heavy atom. The van der Waals surface area contributed by atoms with Crippen molar-refractivity contribution in [2.75, 3.05) is 6.54 Å². The van der Waals surface area contributed by atoms with Gasteiger partial charge in [-0.15, -0.1) is 5.10 Å². The predicted octanol–water partition coefficient (Wildman–Crippen LogP) is 3.02. The molecule has 0 amide bonds. The number of aliphatic carboxylic acids is 1. The Labute approximate surface area is 120 Å². The molecule has 1 aliphatic rings. The highest BCUT2D eigenvalue weighted by Crippen LogP contribution is 2.27. The maximum atomic E-state index is 12.7. The van der Waals surface area contributed by atoms with E-state index in [-0.39, 0.29) is 6.54 Å². The smallest absolute Gasteiger partial charge is 0.307 e. The predicted molar refractivity (Wildman–Crippen MR) is 72.5 cm³/mol. The van der Waals surface area contributed by atoms with E-state index in [4.69, 9.17) is 0 Å². The van der Waals surface area contributed by atoms with Gasteiger partial charge in [-0.3, -0.25) is 4.79 Å².